The van der Waals surface area contributed by atoms with Gasteiger partial charge in [0.2, 0.25) is 15.9 Å². The Bertz CT molecular complexity index is 999. The SMILES string of the molecule is CCC(NS(=O)(=O)c1ccc(N2CCCC2=O)cc1)c1ccc2c(c1)CCCC2. The fourth-order valence-corrected chi connectivity index (χ4v) is 5.65. The average molecular weight is 413 g/mol. The second-order valence-electron chi connectivity index (χ2n) is 7.96. The zero-order chi connectivity index (χ0) is 20.4. The summed E-state index contributed by atoms with van der Waals surface area (Å²) in [5.41, 5.74) is 4.53. The van der Waals surface area contributed by atoms with Crippen molar-refractivity contribution < 1.29 is 13.2 Å². The van der Waals surface area contributed by atoms with Gasteiger partial charge in [0.05, 0.1) is 4.90 Å². The molecule has 2 aromatic rings. The molecule has 0 radical (unpaired) electrons. The maximum absolute atomic E-state index is 13.0. The van der Waals surface area contributed by atoms with Crippen LogP contribution in [0.5, 0.6) is 0 Å². The lowest BCUT2D eigenvalue weighted by Gasteiger charge is -2.22. The molecular weight excluding hydrogens is 384 g/mol. The summed E-state index contributed by atoms with van der Waals surface area (Å²) < 4.78 is 28.8. The third kappa shape index (κ3) is 4.23. The van der Waals surface area contributed by atoms with E-state index in [4.69, 9.17) is 0 Å². The van der Waals surface area contributed by atoms with Gasteiger partial charge in [0, 0.05) is 24.7 Å². The monoisotopic (exact) mass is 412 g/mol. The average Bonchev–Trinajstić information content (AvgIpc) is 3.17. The van der Waals surface area contributed by atoms with Crippen LogP contribution in [-0.2, 0) is 27.7 Å². The van der Waals surface area contributed by atoms with E-state index in [-0.39, 0.29) is 16.8 Å². The zero-order valence-corrected chi connectivity index (χ0v) is 17.7. The minimum atomic E-state index is -3.65. The van der Waals surface area contributed by atoms with Crippen molar-refractivity contribution in [2.45, 2.75) is 62.8 Å². The van der Waals surface area contributed by atoms with Crippen molar-refractivity contribution in [1.82, 2.24) is 4.72 Å². The Balaban J connectivity index is 1.53. The van der Waals surface area contributed by atoms with Crippen LogP contribution in [0, 0.1) is 0 Å². The Morgan fingerprint density at radius 1 is 0.966 bits per heavy atom. The quantitative estimate of drug-likeness (QED) is 0.776. The molecule has 1 N–H and O–H groups in total. The molecule has 0 aromatic heterocycles. The van der Waals surface area contributed by atoms with Gasteiger partial charge in [-0.3, -0.25) is 4.79 Å². The third-order valence-electron chi connectivity index (χ3n) is 6.01. The smallest absolute Gasteiger partial charge is 0.241 e. The summed E-state index contributed by atoms with van der Waals surface area (Å²) in [6.07, 6.45) is 6.70. The number of carbonyl (C=O) groups excluding carboxylic acids is 1. The first-order chi connectivity index (χ1) is 14.0. The molecule has 154 valence electrons. The van der Waals surface area contributed by atoms with E-state index in [0.717, 1.165) is 30.5 Å². The number of amides is 1. The number of anilines is 1. The first-order valence-corrected chi connectivity index (χ1v) is 12.0. The van der Waals surface area contributed by atoms with E-state index < -0.39 is 10.0 Å². The van der Waals surface area contributed by atoms with Gasteiger partial charge < -0.3 is 4.90 Å². The highest BCUT2D eigenvalue weighted by atomic mass is 32.2. The normalized spacial score (nSPS) is 18.0. The molecule has 1 amide bonds. The van der Waals surface area contributed by atoms with Crippen LogP contribution >= 0.6 is 0 Å². The third-order valence-corrected chi connectivity index (χ3v) is 7.50. The molecule has 0 spiro atoms. The number of rotatable bonds is 6. The van der Waals surface area contributed by atoms with E-state index in [9.17, 15) is 13.2 Å². The zero-order valence-electron chi connectivity index (χ0n) is 16.9. The van der Waals surface area contributed by atoms with Gasteiger partial charge in [0.15, 0.2) is 0 Å². The van der Waals surface area contributed by atoms with Crippen LogP contribution in [-0.4, -0.2) is 20.9 Å². The summed E-state index contributed by atoms with van der Waals surface area (Å²) in [5.74, 6) is 0.0946. The largest absolute Gasteiger partial charge is 0.312 e. The van der Waals surface area contributed by atoms with Crippen molar-refractivity contribution in [1.29, 1.82) is 0 Å². The molecule has 2 aromatic carbocycles. The summed E-state index contributed by atoms with van der Waals surface area (Å²) in [6, 6.07) is 12.7. The standard InChI is InChI=1S/C23H28N2O3S/c1-2-22(19-10-9-17-6-3-4-7-18(17)16-19)24-29(27,28)21-13-11-20(12-14-21)25-15-5-8-23(25)26/h9-14,16,22,24H,2-8,15H2,1H3. The molecule has 5 nitrogen and oxygen atoms in total. The van der Waals surface area contributed by atoms with E-state index >= 15 is 0 Å². The van der Waals surface area contributed by atoms with E-state index in [1.165, 1.54) is 24.0 Å². The van der Waals surface area contributed by atoms with Crippen molar-refractivity contribution in [3.63, 3.8) is 0 Å². The minimum absolute atomic E-state index is 0.0946. The van der Waals surface area contributed by atoms with Crippen LogP contribution in [0.15, 0.2) is 47.4 Å². The van der Waals surface area contributed by atoms with Gasteiger partial charge in [-0.25, -0.2) is 13.1 Å². The molecule has 29 heavy (non-hydrogen) atoms. The first kappa shape index (κ1) is 20.1. The number of benzene rings is 2. The summed E-state index contributed by atoms with van der Waals surface area (Å²) in [7, 11) is -3.65. The molecular formula is C23H28N2O3S. The van der Waals surface area contributed by atoms with Gasteiger partial charge >= 0.3 is 0 Å². The number of hydrogen-bond donors (Lipinski definition) is 1. The number of fused-ring (bicyclic) bond motifs is 1. The Morgan fingerprint density at radius 2 is 1.69 bits per heavy atom. The van der Waals surface area contributed by atoms with Crippen molar-refractivity contribution in [3.8, 4) is 0 Å². The topological polar surface area (TPSA) is 66.5 Å². The van der Waals surface area contributed by atoms with Gasteiger partial charge in [-0.2, -0.15) is 0 Å². The lowest BCUT2D eigenvalue weighted by molar-refractivity contribution is -0.117. The minimum Gasteiger partial charge on any atom is -0.312 e. The second kappa shape index (κ2) is 8.28. The predicted octanol–water partition coefficient (Wildman–Crippen LogP) is 4.12. The summed E-state index contributed by atoms with van der Waals surface area (Å²) in [4.78, 5) is 13.8. The van der Waals surface area contributed by atoms with Gasteiger partial charge in [0.25, 0.3) is 0 Å². The number of nitrogens with one attached hydrogen (secondary N) is 1. The van der Waals surface area contributed by atoms with Crippen LogP contribution in [0.1, 0.15) is 61.8 Å². The van der Waals surface area contributed by atoms with Crippen molar-refractivity contribution in [2.24, 2.45) is 0 Å². The molecule has 1 fully saturated rings. The molecule has 1 aliphatic heterocycles. The summed E-state index contributed by atoms with van der Waals surface area (Å²) >= 11 is 0. The molecule has 1 aliphatic carbocycles. The van der Waals surface area contributed by atoms with Gasteiger partial charge in [-0.15, -0.1) is 0 Å². The van der Waals surface area contributed by atoms with Crippen molar-refractivity contribution in [2.75, 3.05) is 11.4 Å². The van der Waals surface area contributed by atoms with Crippen molar-refractivity contribution >= 4 is 21.6 Å². The van der Waals surface area contributed by atoms with Crippen LogP contribution < -0.4 is 9.62 Å². The van der Waals surface area contributed by atoms with E-state index in [2.05, 4.69) is 22.9 Å². The number of aryl methyl sites for hydroxylation is 2. The second-order valence-corrected chi connectivity index (χ2v) is 9.67. The predicted molar refractivity (Wildman–Crippen MR) is 114 cm³/mol. The number of sulfonamides is 1. The van der Waals surface area contributed by atoms with Crippen LogP contribution in [0.2, 0.25) is 0 Å². The molecule has 4 rings (SSSR count). The van der Waals surface area contributed by atoms with Crippen LogP contribution in [0.25, 0.3) is 0 Å². The summed E-state index contributed by atoms with van der Waals surface area (Å²) in [6.45, 7) is 2.69. The number of nitrogens with zero attached hydrogens (tertiary/aromatic N) is 1. The molecule has 1 heterocycles. The Morgan fingerprint density at radius 3 is 2.34 bits per heavy atom. The highest BCUT2D eigenvalue weighted by Crippen LogP contribution is 2.28. The first-order valence-electron chi connectivity index (χ1n) is 10.5. The van der Waals surface area contributed by atoms with E-state index in [0.29, 0.717) is 19.4 Å². The summed E-state index contributed by atoms with van der Waals surface area (Å²) in [5, 5.41) is 0. The number of carbonyl (C=O) groups is 1. The maximum Gasteiger partial charge on any atom is 0.241 e. The molecule has 1 atom stereocenters. The molecule has 0 bridgehead atoms. The van der Waals surface area contributed by atoms with Gasteiger partial charge in [-0.05, 0) is 79.5 Å². The van der Waals surface area contributed by atoms with Crippen molar-refractivity contribution in [3.05, 3.63) is 59.2 Å². The van der Waals surface area contributed by atoms with E-state index in [1.807, 2.05) is 6.92 Å². The fraction of sp³-hybridized carbons (Fsp3) is 0.435. The highest BCUT2D eigenvalue weighted by Gasteiger charge is 2.24. The van der Waals surface area contributed by atoms with E-state index in [1.54, 1.807) is 29.2 Å². The highest BCUT2D eigenvalue weighted by molar-refractivity contribution is 7.89. The van der Waals surface area contributed by atoms with Crippen LogP contribution in [0.3, 0.4) is 0 Å². The lowest BCUT2D eigenvalue weighted by Crippen LogP contribution is -2.29. The molecule has 6 heteroatoms. The molecule has 1 saturated heterocycles. The van der Waals surface area contributed by atoms with Gasteiger partial charge in [0.1, 0.15) is 0 Å². The maximum atomic E-state index is 13.0. The fourth-order valence-electron chi connectivity index (χ4n) is 4.34. The lowest BCUT2D eigenvalue weighted by atomic mass is 9.89. The molecule has 2 aliphatic rings. The Kier molecular flexibility index (Phi) is 5.74. The Labute approximate surface area is 173 Å². The van der Waals surface area contributed by atoms with Crippen LogP contribution in [0.4, 0.5) is 5.69 Å². The molecule has 1 unspecified atom stereocenters. The molecule has 0 saturated carbocycles. The van der Waals surface area contributed by atoms with Gasteiger partial charge in [-0.1, -0.05) is 25.1 Å². The number of hydrogen-bond acceptors (Lipinski definition) is 3. The Hall–Kier alpha value is -2.18.